The Bertz CT molecular complexity index is 1450. The highest BCUT2D eigenvalue weighted by atomic mass is 32.2. The van der Waals surface area contributed by atoms with E-state index in [2.05, 4.69) is 20.3 Å². The number of nitrogens with one attached hydrogen (secondary N) is 1. The zero-order valence-electron chi connectivity index (χ0n) is 17.9. The first-order chi connectivity index (χ1) is 16.2. The fourth-order valence-corrected chi connectivity index (χ4v) is 4.56. The molecule has 2 aromatic heterocycles. The van der Waals surface area contributed by atoms with Crippen LogP contribution in [0.25, 0.3) is 22.5 Å². The summed E-state index contributed by atoms with van der Waals surface area (Å²) in [7, 11) is -1.33. The molecule has 4 rings (SSSR count). The van der Waals surface area contributed by atoms with Gasteiger partial charge in [0.25, 0.3) is 0 Å². The summed E-state index contributed by atoms with van der Waals surface area (Å²) in [6.07, 6.45) is 0. The minimum absolute atomic E-state index is 0.00695. The van der Waals surface area contributed by atoms with E-state index in [0.29, 0.717) is 22.1 Å². The van der Waals surface area contributed by atoms with Crippen molar-refractivity contribution in [3.05, 3.63) is 47.8 Å². The maximum atomic E-state index is 12.4. The van der Waals surface area contributed by atoms with Gasteiger partial charge in [-0.3, -0.25) is 0 Å². The molecule has 0 saturated carbocycles. The van der Waals surface area contributed by atoms with E-state index in [-0.39, 0.29) is 39.5 Å². The van der Waals surface area contributed by atoms with E-state index in [9.17, 15) is 18.6 Å². The fourth-order valence-electron chi connectivity index (χ4n) is 3.05. The summed E-state index contributed by atoms with van der Waals surface area (Å²) >= 11 is 1.27. The molecule has 176 valence electrons. The summed E-state index contributed by atoms with van der Waals surface area (Å²) in [6, 6.07) is 10.4. The number of benzene rings is 2. The van der Waals surface area contributed by atoms with Crippen molar-refractivity contribution in [2.45, 2.75) is 4.90 Å². The molecule has 13 heteroatoms. The van der Waals surface area contributed by atoms with E-state index in [1.807, 2.05) is 0 Å². The number of hydrogen-bond acceptors (Lipinski definition) is 11. The number of primary sulfonamides is 1. The molecule has 0 unspecified atom stereocenters. The van der Waals surface area contributed by atoms with Gasteiger partial charge in [-0.2, -0.15) is 9.97 Å². The predicted octanol–water partition coefficient (Wildman–Crippen LogP) is 3.09. The summed E-state index contributed by atoms with van der Waals surface area (Å²) in [5, 5.41) is 30.0. The number of hydrogen-bond donors (Lipinski definition) is 4. The molecule has 0 saturated heterocycles. The lowest BCUT2D eigenvalue weighted by Gasteiger charge is -2.12. The number of nitrogens with two attached hydrogens (primary N) is 1. The summed E-state index contributed by atoms with van der Waals surface area (Å²) in [5.74, 6) is -0.293. The molecule has 2 heterocycles. The summed E-state index contributed by atoms with van der Waals surface area (Å²) < 4.78 is 35.0. The van der Waals surface area contributed by atoms with Gasteiger partial charge in [0.1, 0.15) is 0 Å². The monoisotopic (exact) mass is 501 g/mol. The molecular weight excluding hydrogens is 482 g/mol. The lowest BCUT2D eigenvalue weighted by atomic mass is 10.1. The highest BCUT2D eigenvalue weighted by molar-refractivity contribution is 7.89. The average Bonchev–Trinajstić information content (AvgIpc) is 3.28. The maximum absolute atomic E-state index is 12.4. The van der Waals surface area contributed by atoms with E-state index in [4.69, 9.17) is 14.6 Å². The summed E-state index contributed by atoms with van der Waals surface area (Å²) in [5.41, 5.74) is 2.09. The molecule has 11 nitrogen and oxygen atoms in total. The molecule has 4 aromatic rings. The quantitative estimate of drug-likeness (QED) is 0.276. The molecule has 0 aliphatic carbocycles. The molecule has 0 aliphatic heterocycles. The highest BCUT2D eigenvalue weighted by Gasteiger charge is 2.19. The third kappa shape index (κ3) is 4.85. The molecule has 0 amide bonds. The van der Waals surface area contributed by atoms with Gasteiger partial charge in [0.2, 0.25) is 15.9 Å². The molecule has 34 heavy (non-hydrogen) atoms. The van der Waals surface area contributed by atoms with Crippen LogP contribution in [0, 0.1) is 0 Å². The van der Waals surface area contributed by atoms with Crippen molar-refractivity contribution in [2.75, 3.05) is 19.5 Å². The van der Waals surface area contributed by atoms with Crippen LogP contribution in [0.4, 0.5) is 10.8 Å². The Balaban J connectivity index is 1.69. The first-order valence-electron chi connectivity index (χ1n) is 9.57. The van der Waals surface area contributed by atoms with Crippen molar-refractivity contribution in [3.63, 3.8) is 0 Å². The van der Waals surface area contributed by atoms with Crippen LogP contribution < -0.4 is 19.9 Å². The number of thiazole rings is 1. The minimum Gasteiger partial charge on any atom is -0.504 e. The normalized spacial score (nSPS) is 11.3. The summed E-state index contributed by atoms with van der Waals surface area (Å²) in [4.78, 5) is 12.5. The number of aromatic hydroxyl groups is 2. The van der Waals surface area contributed by atoms with Gasteiger partial charge >= 0.3 is 6.01 Å². The van der Waals surface area contributed by atoms with Crippen LogP contribution in [0.15, 0.2) is 52.7 Å². The lowest BCUT2D eigenvalue weighted by molar-refractivity contribution is 0.352. The number of methoxy groups -OCH3 is 2. The smallest absolute Gasteiger partial charge is 0.320 e. The molecule has 0 bridgehead atoms. The number of phenolic OH excluding ortho intramolecular Hbond substituents is 2. The van der Waals surface area contributed by atoms with Gasteiger partial charge in [-0.25, -0.2) is 18.5 Å². The van der Waals surface area contributed by atoms with E-state index in [1.165, 1.54) is 49.8 Å². The van der Waals surface area contributed by atoms with Gasteiger partial charge in [0.15, 0.2) is 16.6 Å². The number of ether oxygens (including phenoxy) is 2. The number of nitrogens with zero attached hydrogens (tertiary/aromatic N) is 3. The number of sulfonamides is 1. The maximum Gasteiger partial charge on any atom is 0.320 e. The van der Waals surface area contributed by atoms with Crippen LogP contribution in [0.5, 0.6) is 23.4 Å². The van der Waals surface area contributed by atoms with Gasteiger partial charge in [-0.15, -0.1) is 11.3 Å². The molecule has 0 atom stereocenters. The SMILES string of the molecule is COc1cc(-c2ccc(Nc3nc(-c4ccc(O)c(O)c4)cs3)cc2S(N)(=O)=O)nc(OC)n1. The Morgan fingerprint density at radius 3 is 2.41 bits per heavy atom. The molecule has 0 radical (unpaired) electrons. The Labute approximate surface area is 198 Å². The number of aromatic nitrogens is 3. The van der Waals surface area contributed by atoms with Gasteiger partial charge in [-0.05, 0) is 36.4 Å². The topological polar surface area (TPSA) is 170 Å². The lowest BCUT2D eigenvalue weighted by Crippen LogP contribution is -2.14. The predicted molar refractivity (Wildman–Crippen MR) is 126 cm³/mol. The second kappa shape index (κ2) is 9.13. The molecule has 5 N–H and O–H groups in total. The zero-order valence-corrected chi connectivity index (χ0v) is 19.5. The standard InChI is InChI=1S/C21H19N5O6S2/c1-31-19-9-14(24-20(26-19)32-2)13-5-4-12(8-18(13)34(22,29)30)23-21-25-15(10-33-21)11-3-6-16(27)17(28)7-11/h3-10,27-28H,1-2H3,(H,23,25)(H2,22,29,30). The van der Waals surface area contributed by atoms with Crippen molar-refractivity contribution in [1.82, 2.24) is 15.0 Å². The van der Waals surface area contributed by atoms with Crippen LogP contribution in [-0.4, -0.2) is 47.8 Å². The Morgan fingerprint density at radius 2 is 1.74 bits per heavy atom. The van der Waals surface area contributed by atoms with Crippen LogP contribution >= 0.6 is 11.3 Å². The molecule has 0 fully saturated rings. The number of rotatable bonds is 7. The van der Waals surface area contributed by atoms with Crippen LogP contribution in [0.2, 0.25) is 0 Å². The zero-order chi connectivity index (χ0) is 24.5. The third-order valence-electron chi connectivity index (χ3n) is 4.66. The van der Waals surface area contributed by atoms with E-state index >= 15 is 0 Å². The Morgan fingerprint density at radius 1 is 0.941 bits per heavy atom. The van der Waals surface area contributed by atoms with Crippen molar-refractivity contribution in [3.8, 4) is 45.9 Å². The molecule has 0 aliphatic rings. The average molecular weight is 502 g/mol. The second-order valence-corrected chi connectivity index (χ2v) is 9.29. The van der Waals surface area contributed by atoms with Crippen molar-refractivity contribution in [2.24, 2.45) is 5.14 Å². The Kier molecular flexibility index (Phi) is 6.24. The van der Waals surface area contributed by atoms with Crippen molar-refractivity contribution >= 4 is 32.2 Å². The van der Waals surface area contributed by atoms with Crippen molar-refractivity contribution < 1.29 is 28.1 Å². The van der Waals surface area contributed by atoms with Gasteiger partial charge in [0, 0.05) is 28.3 Å². The fraction of sp³-hybridized carbons (Fsp3) is 0.0952. The van der Waals surface area contributed by atoms with Gasteiger partial charge < -0.3 is 25.0 Å². The van der Waals surface area contributed by atoms with Crippen molar-refractivity contribution in [1.29, 1.82) is 0 Å². The van der Waals surface area contributed by atoms with Crippen LogP contribution in [-0.2, 0) is 10.0 Å². The van der Waals surface area contributed by atoms with Gasteiger partial charge in [0.05, 0.1) is 30.5 Å². The van der Waals surface area contributed by atoms with Crippen LogP contribution in [0.3, 0.4) is 0 Å². The Hall–Kier alpha value is -3.94. The molecular formula is C21H19N5O6S2. The number of phenols is 2. The summed E-state index contributed by atoms with van der Waals surface area (Å²) in [6.45, 7) is 0. The third-order valence-corrected chi connectivity index (χ3v) is 6.37. The molecule has 0 spiro atoms. The van der Waals surface area contributed by atoms with Gasteiger partial charge in [-0.1, -0.05) is 0 Å². The first kappa shape index (κ1) is 23.2. The highest BCUT2D eigenvalue weighted by Crippen LogP contribution is 2.35. The largest absolute Gasteiger partial charge is 0.504 e. The van der Waals surface area contributed by atoms with Crippen LogP contribution in [0.1, 0.15) is 0 Å². The second-order valence-electron chi connectivity index (χ2n) is 6.90. The minimum atomic E-state index is -4.13. The van der Waals surface area contributed by atoms with E-state index < -0.39 is 10.0 Å². The number of anilines is 2. The van der Waals surface area contributed by atoms with E-state index in [0.717, 1.165) is 0 Å². The first-order valence-corrected chi connectivity index (χ1v) is 12.0. The van der Waals surface area contributed by atoms with E-state index in [1.54, 1.807) is 23.6 Å². The molecule has 2 aromatic carbocycles.